The maximum atomic E-state index is 12.6. The Morgan fingerprint density at radius 3 is 2.62 bits per heavy atom. The van der Waals surface area contributed by atoms with Gasteiger partial charge in [-0.1, -0.05) is 13.0 Å². The minimum atomic E-state index is -4.48. The first-order chi connectivity index (χ1) is 10.7. The minimum Gasteiger partial charge on any atom is -0.399 e. The molecule has 0 aliphatic heterocycles. The topological polar surface area (TPSA) is 68.0 Å². The van der Waals surface area contributed by atoms with Crippen LogP contribution in [0.25, 0.3) is 0 Å². The third-order valence-corrected chi connectivity index (χ3v) is 4.29. The number of alkyl halides is 3. The summed E-state index contributed by atoms with van der Waals surface area (Å²) in [6.45, 7) is 3.53. The second kappa shape index (κ2) is 7.85. The van der Waals surface area contributed by atoms with Crippen molar-refractivity contribution in [3.05, 3.63) is 45.4 Å². The van der Waals surface area contributed by atoms with Crippen molar-refractivity contribution in [3.63, 3.8) is 0 Å². The third-order valence-electron chi connectivity index (χ3n) is 3.33. The molecule has 0 saturated heterocycles. The van der Waals surface area contributed by atoms with E-state index in [2.05, 4.69) is 10.3 Å². The molecule has 1 aromatic heterocycles. The van der Waals surface area contributed by atoms with Crippen LogP contribution in [0.1, 0.15) is 46.0 Å². The Morgan fingerprint density at radius 1 is 1.42 bits per heavy atom. The number of nitrogens with two attached hydrogens (primary N) is 1. The number of nitrogens with zero attached hydrogens (tertiary/aromatic N) is 1. The molecule has 0 aliphatic rings. The Labute approximate surface area is 147 Å². The van der Waals surface area contributed by atoms with Crippen LogP contribution in [-0.4, -0.2) is 10.9 Å². The Kier molecular flexibility index (Phi) is 6.62. The zero-order valence-electron chi connectivity index (χ0n) is 13.0. The highest BCUT2D eigenvalue weighted by molar-refractivity contribution is 7.09. The monoisotopic (exact) mass is 379 g/mol. The van der Waals surface area contributed by atoms with Crippen molar-refractivity contribution in [1.29, 1.82) is 0 Å². The van der Waals surface area contributed by atoms with E-state index in [0.29, 0.717) is 17.7 Å². The van der Waals surface area contributed by atoms with Gasteiger partial charge in [0, 0.05) is 16.6 Å². The largest absolute Gasteiger partial charge is 0.434 e. The number of thiazole rings is 1. The molecule has 4 nitrogen and oxygen atoms in total. The number of nitrogen functional groups attached to an aromatic ring is 1. The number of carbonyl (C=O) groups is 1. The van der Waals surface area contributed by atoms with Crippen LogP contribution in [0.4, 0.5) is 18.9 Å². The summed E-state index contributed by atoms with van der Waals surface area (Å²) in [6, 6.07) is 4.36. The van der Waals surface area contributed by atoms with E-state index >= 15 is 0 Å². The molecule has 1 aromatic carbocycles. The van der Waals surface area contributed by atoms with Gasteiger partial charge in [-0.25, -0.2) is 4.98 Å². The Bertz CT molecular complexity index is 718. The van der Waals surface area contributed by atoms with Crippen LogP contribution in [-0.2, 0) is 6.18 Å². The van der Waals surface area contributed by atoms with Crippen LogP contribution in [0, 0.1) is 6.92 Å². The number of halogens is 4. The van der Waals surface area contributed by atoms with Gasteiger partial charge in [0.15, 0.2) is 5.69 Å². The summed E-state index contributed by atoms with van der Waals surface area (Å²) in [4.78, 5) is 15.9. The highest BCUT2D eigenvalue weighted by Crippen LogP contribution is 2.32. The van der Waals surface area contributed by atoms with Crippen LogP contribution in [0.2, 0.25) is 0 Å². The van der Waals surface area contributed by atoms with E-state index in [9.17, 15) is 18.0 Å². The lowest BCUT2D eigenvalue weighted by Gasteiger charge is -2.16. The van der Waals surface area contributed by atoms with E-state index in [0.717, 1.165) is 22.3 Å². The molecule has 0 bridgehead atoms. The summed E-state index contributed by atoms with van der Waals surface area (Å²) in [7, 11) is 0. The van der Waals surface area contributed by atoms with E-state index < -0.39 is 17.9 Å². The zero-order chi connectivity index (χ0) is 17.2. The molecule has 1 atom stereocenters. The maximum Gasteiger partial charge on any atom is 0.434 e. The third kappa shape index (κ3) is 4.61. The van der Waals surface area contributed by atoms with E-state index in [1.807, 2.05) is 0 Å². The van der Waals surface area contributed by atoms with Crippen LogP contribution in [0.3, 0.4) is 0 Å². The molecule has 3 N–H and O–H groups in total. The highest BCUT2D eigenvalue weighted by atomic mass is 35.5. The average Bonchev–Trinajstić information content (AvgIpc) is 2.96. The number of anilines is 1. The molecule has 0 radical (unpaired) electrons. The Balaban J connectivity index is 0.00000288. The van der Waals surface area contributed by atoms with Crippen molar-refractivity contribution in [2.24, 2.45) is 0 Å². The SMILES string of the molecule is CCC(NC(=O)c1cc(N)ccc1C)c1nc(C(F)(F)F)cs1.Cl. The normalized spacial score (nSPS) is 12.4. The van der Waals surface area contributed by atoms with Gasteiger partial charge in [-0.05, 0) is 31.0 Å². The molecule has 132 valence electrons. The predicted molar refractivity (Wildman–Crippen MR) is 90.5 cm³/mol. The summed E-state index contributed by atoms with van der Waals surface area (Å²) in [6.07, 6.45) is -4.06. The lowest BCUT2D eigenvalue weighted by molar-refractivity contribution is -0.140. The molecule has 9 heteroatoms. The number of hydrogen-bond donors (Lipinski definition) is 2. The lowest BCUT2D eigenvalue weighted by Crippen LogP contribution is -2.29. The molecule has 1 unspecified atom stereocenters. The Hall–Kier alpha value is -1.80. The number of nitrogens with one attached hydrogen (secondary N) is 1. The van der Waals surface area contributed by atoms with E-state index in [4.69, 9.17) is 5.73 Å². The maximum absolute atomic E-state index is 12.6. The molecule has 24 heavy (non-hydrogen) atoms. The van der Waals surface area contributed by atoms with Gasteiger partial charge in [-0.2, -0.15) is 13.2 Å². The van der Waals surface area contributed by atoms with Crippen LogP contribution < -0.4 is 11.1 Å². The van der Waals surface area contributed by atoms with Gasteiger partial charge in [-0.3, -0.25) is 4.79 Å². The van der Waals surface area contributed by atoms with Gasteiger partial charge in [0.05, 0.1) is 6.04 Å². The minimum absolute atomic E-state index is 0. The van der Waals surface area contributed by atoms with Gasteiger partial charge in [0.25, 0.3) is 5.91 Å². The summed E-state index contributed by atoms with van der Waals surface area (Å²) < 4.78 is 37.9. The van der Waals surface area contributed by atoms with E-state index in [1.54, 1.807) is 32.0 Å². The first-order valence-corrected chi connectivity index (χ1v) is 7.80. The van der Waals surface area contributed by atoms with Crippen LogP contribution in [0.5, 0.6) is 0 Å². The van der Waals surface area contributed by atoms with E-state index in [-0.39, 0.29) is 23.3 Å². The van der Waals surface area contributed by atoms with Crippen molar-refractivity contribution in [2.45, 2.75) is 32.5 Å². The smallest absolute Gasteiger partial charge is 0.399 e. The standard InChI is InChI=1S/C15H16F3N3OS.ClH/c1-3-11(14-21-12(7-23-14)15(16,17)18)20-13(22)10-6-9(19)5-4-8(10)2;/h4-7,11H,3,19H2,1-2H3,(H,20,22);1H. The quantitative estimate of drug-likeness (QED) is 0.776. The molecule has 2 aromatic rings. The molecule has 0 fully saturated rings. The lowest BCUT2D eigenvalue weighted by atomic mass is 10.1. The number of aromatic nitrogens is 1. The molecule has 2 rings (SSSR count). The van der Waals surface area contributed by atoms with Crippen molar-refractivity contribution in [2.75, 3.05) is 5.73 Å². The van der Waals surface area contributed by atoms with Crippen molar-refractivity contribution < 1.29 is 18.0 Å². The number of carbonyl (C=O) groups excluding carboxylic acids is 1. The van der Waals surface area contributed by atoms with Crippen LogP contribution in [0.15, 0.2) is 23.6 Å². The van der Waals surface area contributed by atoms with Gasteiger partial charge >= 0.3 is 6.18 Å². The Morgan fingerprint density at radius 2 is 2.08 bits per heavy atom. The molecule has 1 heterocycles. The van der Waals surface area contributed by atoms with Crippen molar-refractivity contribution in [1.82, 2.24) is 10.3 Å². The first kappa shape index (κ1) is 20.2. The average molecular weight is 380 g/mol. The van der Waals surface area contributed by atoms with Gasteiger partial charge in [0.2, 0.25) is 0 Å². The van der Waals surface area contributed by atoms with E-state index in [1.165, 1.54) is 0 Å². The summed E-state index contributed by atoms with van der Waals surface area (Å²) in [5.41, 5.74) is 6.32. The number of aryl methyl sites for hydroxylation is 1. The number of rotatable bonds is 4. The number of amides is 1. The molecular formula is C15H17ClF3N3OS. The molecular weight excluding hydrogens is 363 g/mol. The fourth-order valence-electron chi connectivity index (χ4n) is 2.04. The summed E-state index contributed by atoms with van der Waals surface area (Å²) in [5, 5.41) is 3.90. The molecule has 1 amide bonds. The summed E-state index contributed by atoms with van der Waals surface area (Å²) >= 11 is 0.883. The second-order valence-corrected chi connectivity index (χ2v) is 5.97. The zero-order valence-corrected chi connectivity index (χ0v) is 14.6. The van der Waals surface area contributed by atoms with Gasteiger partial charge in [-0.15, -0.1) is 23.7 Å². The number of hydrogen-bond acceptors (Lipinski definition) is 4. The fourth-order valence-corrected chi connectivity index (χ4v) is 3.00. The van der Waals surface area contributed by atoms with Crippen molar-refractivity contribution in [3.8, 4) is 0 Å². The molecule has 0 spiro atoms. The molecule has 0 saturated carbocycles. The van der Waals surface area contributed by atoms with Gasteiger partial charge < -0.3 is 11.1 Å². The highest BCUT2D eigenvalue weighted by Gasteiger charge is 2.34. The molecule has 0 aliphatic carbocycles. The predicted octanol–water partition coefficient (Wildman–Crippen LogP) is 4.36. The number of benzene rings is 1. The van der Waals surface area contributed by atoms with Gasteiger partial charge in [0.1, 0.15) is 5.01 Å². The first-order valence-electron chi connectivity index (χ1n) is 6.92. The van der Waals surface area contributed by atoms with Crippen LogP contribution >= 0.6 is 23.7 Å². The fraction of sp³-hybridized carbons (Fsp3) is 0.333. The second-order valence-electron chi connectivity index (χ2n) is 5.08. The van der Waals surface area contributed by atoms with Crippen molar-refractivity contribution >= 4 is 35.3 Å². The summed E-state index contributed by atoms with van der Waals surface area (Å²) in [5.74, 6) is -0.384.